The van der Waals surface area contributed by atoms with Gasteiger partial charge in [0.25, 0.3) is 0 Å². The van der Waals surface area contributed by atoms with E-state index in [-0.39, 0.29) is 5.28 Å². The van der Waals surface area contributed by atoms with Crippen molar-refractivity contribution >= 4 is 28.8 Å². The summed E-state index contributed by atoms with van der Waals surface area (Å²) in [7, 11) is 1.60. The largest absolute Gasteiger partial charge is 0.495 e. The summed E-state index contributed by atoms with van der Waals surface area (Å²) in [5.74, 6) is 1.87. The minimum Gasteiger partial charge on any atom is -0.495 e. The minimum atomic E-state index is 0.151. The van der Waals surface area contributed by atoms with Crippen LogP contribution < -0.4 is 10.1 Å². The van der Waals surface area contributed by atoms with Crippen LogP contribution >= 0.6 is 11.6 Å². The molecule has 0 saturated heterocycles. The Morgan fingerprint density at radius 3 is 3.08 bits per heavy atom. The number of hydrogen-bond donors (Lipinski definition) is 1. The van der Waals surface area contributed by atoms with Crippen molar-refractivity contribution < 1.29 is 4.74 Å². The molecule has 4 heterocycles. The fourth-order valence-corrected chi connectivity index (χ4v) is 2.48. The van der Waals surface area contributed by atoms with Crippen LogP contribution in [0.4, 0.5) is 11.6 Å². The summed E-state index contributed by atoms with van der Waals surface area (Å²) in [6.45, 7) is 0. The second-order valence-corrected chi connectivity index (χ2v) is 5.28. The van der Waals surface area contributed by atoms with Gasteiger partial charge < -0.3 is 14.6 Å². The number of aromatic nitrogens is 6. The highest BCUT2D eigenvalue weighted by Crippen LogP contribution is 2.21. The van der Waals surface area contributed by atoms with Crippen molar-refractivity contribution in [2.45, 2.75) is 0 Å². The second kappa shape index (κ2) is 5.82. The number of hydrogen-bond acceptors (Lipinski definition) is 6. The molecule has 8 nitrogen and oxygen atoms in total. The van der Waals surface area contributed by atoms with Crippen LogP contribution in [0.15, 0.2) is 49.3 Å². The summed E-state index contributed by atoms with van der Waals surface area (Å²) in [6.07, 6.45) is 8.67. The van der Waals surface area contributed by atoms with Crippen molar-refractivity contribution in [2.24, 2.45) is 0 Å². The number of nitrogens with zero attached hydrogens (tertiary/aromatic N) is 6. The molecule has 4 aromatic heterocycles. The van der Waals surface area contributed by atoms with Crippen molar-refractivity contribution in [3.05, 3.63) is 54.6 Å². The van der Waals surface area contributed by atoms with Crippen molar-refractivity contribution in [3.8, 4) is 11.4 Å². The quantitative estimate of drug-likeness (QED) is 0.614. The molecule has 4 aromatic rings. The topological polar surface area (TPSA) is 82.2 Å². The lowest BCUT2D eigenvalue weighted by Crippen LogP contribution is -2.01. The zero-order chi connectivity index (χ0) is 16.5. The Bertz CT molecular complexity index is 1010. The number of methoxy groups -OCH3 is 1. The first-order chi connectivity index (χ1) is 11.7. The molecule has 0 fully saturated rings. The number of imidazole rings is 1. The molecule has 0 aliphatic carbocycles. The average molecular weight is 342 g/mol. The molecular weight excluding hydrogens is 330 g/mol. The number of nitrogens with one attached hydrogen (secondary N) is 1. The molecule has 0 unspecified atom stereocenters. The summed E-state index contributed by atoms with van der Waals surface area (Å²) < 4.78 is 8.67. The minimum absolute atomic E-state index is 0.151. The van der Waals surface area contributed by atoms with Gasteiger partial charge in [-0.3, -0.25) is 4.98 Å². The van der Waals surface area contributed by atoms with Gasteiger partial charge in [0.1, 0.15) is 23.4 Å². The molecule has 0 spiro atoms. The number of pyridine rings is 1. The van der Waals surface area contributed by atoms with E-state index in [9.17, 15) is 0 Å². The van der Waals surface area contributed by atoms with E-state index in [4.69, 9.17) is 16.3 Å². The number of anilines is 2. The highest BCUT2D eigenvalue weighted by molar-refractivity contribution is 6.28. The van der Waals surface area contributed by atoms with Gasteiger partial charge in [0, 0.05) is 12.3 Å². The van der Waals surface area contributed by atoms with Gasteiger partial charge in [-0.1, -0.05) is 0 Å². The zero-order valence-corrected chi connectivity index (χ0v) is 13.3. The summed E-state index contributed by atoms with van der Waals surface area (Å²) in [5.41, 5.74) is 1.64. The molecule has 0 amide bonds. The number of rotatable bonds is 4. The molecule has 24 heavy (non-hydrogen) atoms. The number of fused-ring (bicyclic) bond motifs is 1. The monoisotopic (exact) mass is 341 g/mol. The molecule has 0 radical (unpaired) electrons. The Labute approximate surface area is 141 Å². The predicted molar refractivity (Wildman–Crippen MR) is 89.2 cm³/mol. The molecule has 120 valence electrons. The van der Waals surface area contributed by atoms with Gasteiger partial charge in [-0.25, -0.2) is 9.50 Å². The number of halogens is 1. The summed E-state index contributed by atoms with van der Waals surface area (Å²) in [4.78, 5) is 12.7. The van der Waals surface area contributed by atoms with Crippen LogP contribution in [0.1, 0.15) is 0 Å². The maximum absolute atomic E-state index is 5.95. The SMILES string of the molecule is COc1cncc(-n2cnc(Nc3nc(Cl)nn4cccc34)c2)c1. The Hall–Kier alpha value is -3.13. The lowest BCUT2D eigenvalue weighted by atomic mass is 10.4. The molecule has 0 aliphatic rings. The van der Waals surface area contributed by atoms with Gasteiger partial charge in [0.15, 0.2) is 5.82 Å². The average Bonchev–Trinajstić information content (AvgIpc) is 3.24. The van der Waals surface area contributed by atoms with Crippen molar-refractivity contribution in [2.75, 3.05) is 12.4 Å². The van der Waals surface area contributed by atoms with Crippen molar-refractivity contribution in [1.82, 2.24) is 29.1 Å². The van der Waals surface area contributed by atoms with Crippen LogP contribution in [0.2, 0.25) is 5.28 Å². The maximum Gasteiger partial charge on any atom is 0.243 e. The molecule has 1 N–H and O–H groups in total. The fraction of sp³-hybridized carbons (Fsp3) is 0.0667. The molecule has 0 aliphatic heterocycles. The first kappa shape index (κ1) is 14.5. The van der Waals surface area contributed by atoms with Gasteiger partial charge >= 0.3 is 0 Å². The first-order valence-corrected chi connectivity index (χ1v) is 7.42. The molecular formula is C15H12ClN7O. The molecule has 0 atom stereocenters. The Kier molecular flexibility index (Phi) is 3.51. The Morgan fingerprint density at radius 2 is 2.21 bits per heavy atom. The highest BCUT2D eigenvalue weighted by Gasteiger charge is 2.09. The molecule has 9 heteroatoms. The van der Waals surface area contributed by atoms with E-state index >= 15 is 0 Å². The van der Waals surface area contributed by atoms with Crippen LogP contribution in [0.25, 0.3) is 11.2 Å². The van der Waals surface area contributed by atoms with Gasteiger partial charge in [0.2, 0.25) is 5.28 Å². The van der Waals surface area contributed by atoms with E-state index in [0.717, 1.165) is 11.2 Å². The standard InChI is InChI=1S/C15H12ClN7O/c1-24-11-5-10(6-17-7-11)22-8-13(18-9-22)19-14-12-3-2-4-23(12)21-15(16)20-14/h2-9H,1H3,(H,19,20,21). The van der Waals surface area contributed by atoms with Crippen LogP contribution in [0, 0.1) is 0 Å². The third-order valence-corrected chi connectivity index (χ3v) is 3.59. The van der Waals surface area contributed by atoms with Crippen molar-refractivity contribution in [1.29, 1.82) is 0 Å². The predicted octanol–water partition coefficient (Wildman–Crippen LogP) is 2.72. The van der Waals surface area contributed by atoms with Gasteiger partial charge in [-0.15, -0.1) is 5.10 Å². The zero-order valence-electron chi connectivity index (χ0n) is 12.6. The summed E-state index contributed by atoms with van der Waals surface area (Å²) >= 11 is 5.95. The summed E-state index contributed by atoms with van der Waals surface area (Å²) in [6, 6.07) is 5.62. The Morgan fingerprint density at radius 1 is 1.29 bits per heavy atom. The fourth-order valence-electron chi connectivity index (χ4n) is 2.31. The lowest BCUT2D eigenvalue weighted by molar-refractivity contribution is 0.412. The Balaban J connectivity index is 1.66. The van der Waals surface area contributed by atoms with Gasteiger partial charge in [-0.2, -0.15) is 4.98 Å². The van der Waals surface area contributed by atoms with Crippen LogP contribution in [0.5, 0.6) is 5.75 Å². The van der Waals surface area contributed by atoms with E-state index in [1.807, 2.05) is 29.0 Å². The second-order valence-electron chi connectivity index (χ2n) is 4.94. The third kappa shape index (κ3) is 2.63. The van der Waals surface area contributed by atoms with Crippen molar-refractivity contribution in [3.63, 3.8) is 0 Å². The van der Waals surface area contributed by atoms with Gasteiger partial charge in [-0.05, 0) is 23.7 Å². The van der Waals surface area contributed by atoms with Crippen LogP contribution in [0.3, 0.4) is 0 Å². The van der Waals surface area contributed by atoms with E-state index in [0.29, 0.717) is 17.4 Å². The third-order valence-electron chi connectivity index (χ3n) is 3.43. The van der Waals surface area contributed by atoms with E-state index < -0.39 is 0 Å². The highest BCUT2D eigenvalue weighted by atomic mass is 35.5. The normalized spacial score (nSPS) is 10.9. The molecule has 4 rings (SSSR count). The van der Waals surface area contributed by atoms with E-state index in [1.165, 1.54) is 0 Å². The molecule has 0 bridgehead atoms. The molecule has 0 aromatic carbocycles. The van der Waals surface area contributed by atoms with Gasteiger partial charge in [0.05, 0.1) is 31.4 Å². The van der Waals surface area contributed by atoms with Crippen LogP contribution in [-0.2, 0) is 0 Å². The first-order valence-electron chi connectivity index (χ1n) is 7.04. The van der Waals surface area contributed by atoms with Crippen LogP contribution in [-0.4, -0.2) is 36.2 Å². The number of ether oxygens (including phenoxy) is 1. The summed E-state index contributed by atoms with van der Waals surface area (Å²) in [5, 5.41) is 7.40. The van der Waals surface area contributed by atoms with E-state index in [1.54, 1.807) is 36.5 Å². The van der Waals surface area contributed by atoms with E-state index in [2.05, 4.69) is 25.4 Å². The molecule has 0 saturated carbocycles. The maximum atomic E-state index is 5.95. The smallest absolute Gasteiger partial charge is 0.243 e. The lowest BCUT2D eigenvalue weighted by Gasteiger charge is -2.05.